The third-order valence-corrected chi connectivity index (χ3v) is 7.60. The van der Waals surface area contributed by atoms with E-state index >= 15 is 4.39 Å². The van der Waals surface area contributed by atoms with Crippen LogP contribution in [0.3, 0.4) is 0 Å². The molecule has 3 aliphatic rings. The summed E-state index contributed by atoms with van der Waals surface area (Å²) in [5, 5.41) is 2.30. The fourth-order valence-corrected chi connectivity index (χ4v) is 5.72. The maximum absolute atomic E-state index is 15.2. The summed E-state index contributed by atoms with van der Waals surface area (Å²) in [4.78, 5) is 48.1. The summed E-state index contributed by atoms with van der Waals surface area (Å²) >= 11 is 0. The zero-order valence-corrected chi connectivity index (χ0v) is 19.2. The number of benzene rings is 2. The minimum Gasteiger partial charge on any atom is -0.345 e. The van der Waals surface area contributed by atoms with Gasteiger partial charge in [-0.3, -0.25) is 24.6 Å². The first-order valence-electron chi connectivity index (χ1n) is 12.1. The van der Waals surface area contributed by atoms with Crippen LogP contribution in [0, 0.1) is 5.82 Å². The lowest BCUT2D eigenvalue weighted by atomic mass is 9.87. The molecule has 2 aromatic carbocycles. The maximum atomic E-state index is 15.2. The van der Waals surface area contributed by atoms with E-state index in [0.29, 0.717) is 17.5 Å². The SMILES string of the molecule is O=C1CCC(N2Cc3cc(C4CCN(Cc5cccc6[nH]cnc56)CC4)c(F)cc3C2=O)C(=O)N1. The molecule has 2 fully saturated rings. The van der Waals surface area contributed by atoms with E-state index in [0.717, 1.165) is 49.1 Å². The lowest BCUT2D eigenvalue weighted by Gasteiger charge is -2.32. The molecule has 8 nitrogen and oxygen atoms in total. The Hall–Kier alpha value is -3.59. The number of carbonyl (C=O) groups excluding carboxylic acids is 3. The summed E-state index contributed by atoms with van der Waals surface area (Å²) < 4.78 is 15.2. The van der Waals surface area contributed by atoms with Crippen LogP contribution in [0.25, 0.3) is 11.0 Å². The van der Waals surface area contributed by atoms with Crippen molar-refractivity contribution in [3.05, 3.63) is 64.7 Å². The van der Waals surface area contributed by atoms with Crippen LogP contribution in [0.4, 0.5) is 4.39 Å². The molecule has 9 heteroatoms. The molecule has 3 aromatic rings. The summed E-state index contributed by atoms with van der Waals surface area (Å²) in [6.45, 7) is 2.77. The van der Waals surface area contributed by atoms with Gasteiger partial charge in [-0.15, -0.1) is 0 Å². The van der Waals surface area contributed by atoms with E-state index in [9.17, 15) is 14.4 Å². The van der Waals surface area contributed by atoms with Crippen LogP contribution in [-0.4, -0.2) is 56.6 Å². The van der Waals surface area contributed by atoms with Gasteiger partial charge in [0.15, 0.2) is 0 Å². The van der Waals surface area contributed by atoms with Crippen molar-refractivity contribution in [2.75, 3.05) is 13.1 Å². The number of amides is 3. The third kappa shape index (κ3) is 3.89. The van der Waals surface area contributed by atoms with E-state index < -0.39 is 11.9 Å². The second kappa shape index (κ2) is 8.57. The zero-order valence-electron chi connectivity index (χ0n) is 19.2. The van der Waals surface area contributed by atoms with Gasteiger partial charge in [0, 0.05) is 25.1 Å². The largest absolute Gasteiger partial charge is 0.345 e. The predicted octanol–water partition coefficient (Wildman–Crippen LogP) is 2.84. The molecule has 3 aliphatic heterocycles. The zero-order chi connectivity index (χ0) is 24.1. The van der Waals surface area contributed by atoms with Gasteiger partial charge < -0.3 is 9.88 Å². The summed E-state index contributed by atoms with van der Waals surface area (Å²) in [5.74, 6) is -1.40. The van der Waals surface area contributed by atoms with E-state index in [2.05, 4.69) is 26.3 Å². The number of halogens is 1. The van der Waals surface area contributed by atoms with Crippen LogP contribution >= 0.6 is 0 Å². The van der Waals surface area contributed by atoms with Crippen molar-refractivity contribution in [3.63, 3.8) is 0 Å². The number of likely N-dealkylation sites (tertiary alicyclic amines) is 1. The Morgan fingerprint density at radius 3 is 2.71 bits per heavy atom. The minimum absolute atomic E-state index is 0.0810. The molecule has 4 heterocycles. The van der Waals surface area contributed by atoms with Crippen molar-refractivity contribution in [1.29, 1.82) is 0 Å². The molecule has 180 valence electrons. The number of imide groups is 1. The number of carbonyl (C=O) groups is 3. The topological polar surface area (TPSA) is 98.4 Å². The Labute approximate surface area is 201 Å². The van der Waals surface area contributed by atoms with E-state index in [1.165, 1.54) is 16.5 Å². The highest BCUT2D eigenvalue weighted by molar-refractivity contribution is 6.05. The van der Waals surface area contributed by atoms with Gasteiger partial charge >= 0.3 is 0 Å². The number of nitrogens with one attached hydrogen (secondary N) is 2. The van der Waals surface area contributed by atoms with Gasteiger partial charge in [0.25, 0.3) is 5.91 Å². The van der Waals surface area contributed by atoms with Gasteiger partial charge in [0.1, 0.15) is 11.9 Å². The Morgan fingerprint density at radius 2 is 1.91 bits per heavy atom. The number of piperidine rings is 2. The Balaban J connectivity index is 1.15. The van der Waals surface area contributed by atoms with Crippen molar-refractivity contribution in [3.8, 4) is 0 Å². The molecular formula is C26H26FN5O3. The molecule has 1 unspecified atom stereocenters. The van der Waals surface area contributed by atoms with Crippen molar-refractivity contribution < 1.29 is 18.8 Å². The molecule has 0 aliphatic carbocycles. The van der Waals surface area contributed by atoms with Crippen LogP contribution in [0.1, 0.15) is 58.6 Å². The van der Waals surface area contributed by atoms with Crippen molar-refractivity contribution in [1.82, 2.24) is 25.1 Å². The molecule has 0 saturated carbocycles. The maximum Gasteiger partial charge on any atom is 0.255 e. The molecule has 2 saturated heterocycles. The standard InChI is InChI=1S/C26H26FN5O3/c27-20-11-19-17(13-32(26(19)35)22-4-5-23(33)30-25(22)34)10-18(20)15-6-8-31(9-7-15)12-16-2-1-3-21-24(16)29-14-28-21/h1-3,10-11,14-15,22H,4-9,12-13H2,(H,28,29)(H,30,33,34). The molecular weight excluding hydrogens is 449 g/mol. The van der Waals surface area contributed by atoms with Crippen LogP contribution in [-0.2, 0) is 22.7 Å². The number of para-hydroxylation sites is 1. The predicted molar refractivity (Wildman–Crippen MR) is 126 cm³/mol. The Bertz CT molecular complexity index is 1340. The summed E-state index contributed by atoms with van der Waals surface area (Å²) in [6.07, 6.45) is 3.87. The number of nitrogens with zero attached hydrogens (tertiary/aromatic N) is 3. The van der Waals surface area contributed by atoms with Crippen LogP contribution < -0.4 is 5.32 Å². The van der Waals surface area contributed by atoms with Gasteiger partial charge in [-0.25, -0.2) is 9.37 Å². The van der Waals surface area contributed by atoms with Crippen LogP contribution in [0.15, 0.2) is 36.7 Å². The number of aromatic amines is 1. The summed E-state index contributed by atoms with van der Waals surface area (Å²) in [5.41, 5.74) is 4.92. The van der Waals surface area contributed by atoms with Gasteiger partial charge in [0.05, 0.1) is 17.4 Å². The first-order valence-corrected chi connectivity index (χ1v) is 12.1. The number of imidazole rings is 1. The number of aromatic nitrogens is 2. The molecule has 3 amide bonds. The monoisotopic (exact) mass is 475 g/mol. The molecule has 0 radical (unpaired) electrons. The van der Waals surface area contributed by atoms with Crippen LogP contribution in [0.5, 0.6) is 0 Å². The normalized spacial score (nSPS) is 21.6. The van der Waals surface area contributed by atoms with E-state index in [1.807, 2.05) is 18.2 Å². The number of hydrogen-bond acceptors (Lipinski definition) is 5. The molecule has 35 heavy (non-hydrogen) atoms. The fraction of sp³-hybridized carbons (Fsp3) is 0.385. The van der Waals surface area contributed by atoms with Gasteiger partial charge in [-0.1, -0.05) is 18.2 Å². The van der Waals surface area contributed by atoms with E-state index in [-0.39, 0.29) is 36.5 Å². The molecule has 1 aromatic heterocycles. The van der Waals surface area contributed by atoms with Crippen molar-refractivity contribution in [2.24, 2.45) is 0 Å². The molecule has 1 atom stereocenters. The Morgan fingerprint density at radius 1 is 1.09 bits per heavy atom. The highest BCUT2D eigenvalue weighted by Crippen LogP contribution is 2.36. The molecule has 0 spiro atoms. The highest BCUT2D eigenvalue weighted by atomic mass is 19.1. The third-order valence-electron chi connectivity index (χ3n) is 7.60. The van der Waals surface area contributed by atoms with E-state index in [4.69, 9.17) is 0 Å². The minimum atomic E-state index is -0.693. The lowest BCUT2D eigenvalue weighted by Crippen LogP contribution is -2.52. The average Bonchev–Trinajstić information content (AvgIpc) is 3.45. The van der Waals surface area contributed by atoms with E-state index in [1.54, 1.807) is 6.33 Å². The molecule has 2 N–H and O–H groups in total. The fourth-order valence-electron chi connectivity index (χ4n) is 5.72. The number of hydrogen-bond donors (Lipinski definition) is 2. The quantitative estimate of drug-likeness (QED) is 0.566. The number of H-pyrrole nitrogens is 1. The highest BCUT2D eigenvalue weighted by Gasteiger charge is 2.40. The van der Waals surface area contributed by atoms with Gasteiger partial charge in [-0.2, -0.15) is 0 Å². The first-order chi connectivity index (χ1) is 17.0. The van der Waals surface area contributed by atoms with Crippen molar-refractivity contribution in [2.45, 2.75) is 50.7 Å². The van der Waals surface area contributed by atoms with Gasteiger partial charge in [-0.05, 0) is 67.1 Å². The van der Waals surface area contributed by atoms with Gasteiger partial charge in [0.2, 0.25) is 11.8 Å². The smallest absolute Gasteiger partial charge is 0.255 e. The summed E-state index contributed by atoms with van der Waals surface area (Å²) in [7, 11) is 0. The lowest BCUT2D eigenvalue weighted by molar-refractivity contribution is -0.136. The van der Waals surface area contributed by atoms with Crippen molar-refractivity contribution >= 4 is 28.8 Å². The number of rotatable bonds is 4. The number of fused-ring (bicyclic) bond motifs is 2. The average molecular weight is 476 g/mol. The second-order valence-corrected chi connectivity index (χ2v) is 9.70. The Kier molecular flexibility index (Phi) is 5.36. The molecule has 6 rings (SSSR count). The first kappa shape index (κ1) is 21.9. The second-order valence-electron chi connectivity index (χ2n) is 9.70. The summed E-state index contributed by atoms with van der Waals surface area (Å²) in [6, 6.07) is 8.60. The van der Waals surface area contributed by atoms with Crippen LogP contribution in [0.2, 0.25) is 0 Å². The molecule has 0 bridgehead atoms.